The summed E-state index contributed by atoms with van der Waals surface area (Å²) in [5.74, 6) is 0.762. The molecule has 8 heteroatoms. The summed E-state index contributed by atoms with van der Waals surface area (Å²) in [6.07, 6.45) is 0. The first-order chi connectivity index (χ1) is 12.7. The lowest BCUT2D eigenvalue weighted by Gasteiger charge is -2.16. The highest BCUT2D eigenvalue weighted by Crippen LogP contribution is 2.25. The minimum atomic E-state index is -3.27. The number of benzene rings is 2. The van der Waals surface area contributed by atoms with E-state index in [9.17, 15) is 13.2 Å². The van der Waals surface area contributed by atoms with Gasteiger partial charge in [0.2, 0.25) is 10.0 Å². The predicted octanol–water partition coefficient (Wildman–Crippen LogP) is 2.32. The number of hydrogen-bond donors (Lipinski definition) is 3. The van der Waals surface area contributed by atoms with E-state index in [1.54, 1.807) is 13.8 Å². The Balaban J connectivity index is 2.02. The Bertz CT molecular complexity index is 897. The highest BCUT2D eigenvalue weighted by Gasteiger charge is 2.17. The molecule has 2 amide bonds. The van der Waals surface area contributed by atoms with Gasteiger partial charge in [-0.15, -0.1) is 0 Å². The van der Waals surface area contributed by atoms with Gasteiger partial charge in [0.15, 0.2) is 0 Å². The number of nitrogens with one attached hydrogen (secondary N) is 2. The second-order valence-corrected chi connectivity index (χ2v) is 9.07. The third-order valence-corrected chi connectivity index (χ3v) is 6.10. The molecule has 0 aliphatic carbocycles. The van der Waals surface area contributed by atoms with Gasteiger partial charge in [0, 0.05) is 6.54 Å². The zero-order chi connectivity index (χ0) is 20.0. The van der Waals surface area contributed by atoms with E-state index >= 15 is 0 Å². The maximum absolute atomic E-state index is 11.9. The van der Waals surface area contributed by atoms with Gasteiger partial charge in [-0.3, -0.25) is 0 Å². The number of primary amides is 1. The lowest BCUT2D eigenvalue weighted by Crippen LogP contribution is -2.33. The molecule has 0 aromatic heterocycles. The highest BCUT2D eigenvalue weighted by molar-refractivity contribution is 7.90. The predicted molar refractivity (Wildman–Crippen MR) is 108 cm³/mol. The lowest BCUT2D eigenvalue weighted by atomic mass is 9.98. The van der Waals surface area contributed by atoms with Crippen molar-refractivity contribution in [2.75, 3.05) is 19.7 Å². The van der Waals surface area contributed by atoms with Gasteiger partial charge in [0.25, 0.3) is 0 Å². The Kier molecular flexibility index (Phi) is 7.04. The molecule has 2 aromatic rings. The molecule has 0 radical (unpaired) electrons. The van der Waals surface area contributed by atoms with E-state index in [-0.39, 0.29) is 5.92 Å². The highest BCUT2D eigenvalue weighted by atomic mass is 32.2. The molecule has 148 valence electrons. The monoisotopic (exact) mass is 393 g/mol. The van der Waals surface area contributed by atoms with E-state index in [0.29, 0.717) is 25.4 Å². The Labute approximate surface area is 160 Å². The van der Waals surface area contributed by atoms with Gasteiger partial charge in [-0.2, -0.15) is 0 Å². The summed E-state index contributed by atoms with van der Waals surface area (Å²) in [7, 11) is -3.27. The maximum atomic E-state index is 11.9. The van der Waals surface area contributed by atoms with Crippen molar-refractivity contribution in [3.8, 4) is 5.75 Å². The summed E-state index contributed by atoms with van der Waals surface area (Å²) < 4.78 is 32.1. The summed E-state index contributed by atoms with van der Waals surface area (Å²) in [4.78, 5) is 10.6. The molecule has 7 nitrogen and oxygen atoms in total. The molecule has 0 bridgehead atoms. The summed E-state index contributed by atoms with van der Waals surface area (Å²) in [6, 6.07) is 11.2. The standard InChI is InChI=1S/C19H27N3O4S/c1-13(2)27(24,25)22-12-14(3)15-4-5-17-11-18(7-6-16(17)10-15)26-9-8-21-19(20)23/h4-7,10-11,13-14,22H,8-9,12H2,1-3H3,(H3,20,21,23). The topological polar surface area (TPSA) is 111 Å². The average molecular weight is 394 g/mol. The van der Waals surface area contributed by atoms with Gasteiger partial charge >= 0.3 is 6.03 Å². The second kappa shape index (κ2) is 9.05. The van der Waals surface area contributed by atoms with Crippen LogP contribution in [-0.4, -0.2) is 39.4 Å². The van der Waals surface area contributed by atoms with Crippen LogP contribution in [0, 0.1) is 0 Å². The van der Waals surface area contributed by atoms with E-state index in [1.165, 1.54) is 0 Å². The number of urea groups is 1. The molecule has 0 heterocycles. The van der Waals surface area contributed by atoms with Crippen LogP contribution in [0.4, 0.5) is 4.79 Å². The minimum absolute atomic E-state index is 0.0544. The molecule has 0 saturated heterocycles. The van der Waals surface area contributed by atoms with Gasteiger partial charge < -0.3 is 15.8 Å². The molecule has 0 aliphatic rings. The molecule has 2 rings (SSSR count). The Hall–Kier alpha value is -2.32. The quantitative estimate of drug-likeness (QED) is 0.568. The van der Waals surface area contributed by atoms with Gasteiger partial charge in [0.05, 0.1) is 11.8 Å². The summed E-state index contributed by atoms with van der Waals surface area (Å²) >= 11 is 0. The van der Waals surface area contributed by atoms with E-state index in [1.807, 2.05) is 37.3 Å². The molecule has 27 heavy (non-hydrogen) atoms. The van der Waals surface area contributed by atoms with Crippen LogP contribution in [0.25, 0.3) is 10.8 Å². The summed E-state index contributed by atoms with van der Waals surface area (Å²) in [5.41, 5.74) is 6.06. The van der Waals surface area contributed by atoms with E-state index in [2.05, 4.69) is 16.1 Å². The van der Waals surface area contributed by atoms with Crippen molar-refractivity contribution in [1.29, 1.82) is 0 Å². The fourth-order valence-corrected chi connectivity index (χ4v) is 3.32. The molecule has 0 aliphatic heterocycles. The van der Waals surface area contributed by atoms with Gasteiger partial charge in [-0.05, 0) is 48.2 Å². The normalized spacial score (nSPS) is 12.9. The Morgan fingerprint density at radius 3 is 2.44 bits per heavy atom. The first-order valence-corrected chi connectivity index (χ1v) is 10.4. The van der Waals surface area contributed by atoms with Crippen molar-refractivity contribution < 1.29 is 17.9 Å². The first kappa shape index (κ1) is 21.0. The average Bonchev–Trinajstić information content (AvgIpc) is 2.62. The number of rotatable bonds is 9. The maximum Gasteiger partial charge on any atom is 0.312 e. The second-order valence-electron chi connectivity index (χ2n) is 6.75. The molecular weight excluding hydrogens is 366 g/mol. The number of fused-ring (bicyclic) bond motifs is 1. The fraction of sp³-hybridized carbons (Fsp3) is 0.421. The molecule has 0 fully saturated rings. The van der Waals surface area contributed by atoms with Crippen LogP contribution >= 0.6 is 0 Å². The minimum Gasteiger partial charge on any atom is -0.492 e. The number of amides is 2. The van der Waals surface area contributed by atoms with Crippen LogP contribution in [0.5, 0.6) is 5.75 Å². The van der Waals surface area contributed by atoms with Crippen molar-refractivity contribution in [2.24, 2.45) is 5.73 Å². The van der Waals surface area contributed by atoms with Crippen LogP contribution in [0.3, 0.4) is 0 Å². The van der Waals surface area contributed by atoms with Crippen molar-refractivity contribution in [3.63, 3.8) is 0 Å². The molecule has 1 unspecified atom stereocenters. The summed E-state index contributed by atoms with van der Waals surface area (Å²) in [5, 5.41) is 4.09. The van der Waals surface area contributed by atoms with Crippen LogP contribution in [0.2, 0.25) is 0 Å². The largest absolute Gasteiger partial charge is 0.492 e. The van der Waals surface area contributed by atoms with E-state index in [4.69, 9.17) is 10.5 Å². The van der Waals surface area contributed by atoms with Crippen molar-refractivity contribution in [2.45, 2.75) is 31.9 Å². The first-order valence-electron chi connectivity index (χ1n) is 8.87. The third kappa shape index (κ3) is 6.11. The molecule has 2 aromatic carbocycles. The SMILES string of the molecule is CC(CNS(=O)(=O)C(C)C)c1ccc2cc(OCCNC(N)=O)ccc2c1. The zero-order valence-electron chi connectivity index (χ0n) is 15.9. The van der Waals surface area contributed by atoms with Crippen molar-refractivity contribution >= 4 is 26.8 Å². The fourth-order valence-electron chi connectivity index (χ4n) is 2.51. The number of carbonyl (C=O) groups excluding carboxylic acids is 1. The number of nitrogens with two attached hydrogens (primary N) is 1. The van der Waals surface area contributed by atoms with E-state index in [0.717, 1.165) is 16.3 Å². The van der Waals surface area contributed by atoms with E-state index < -0.39 is 21.3 Å². The summed E-state index contributed by atoms with van der Waals surface area (Å²) in [6.45, 7) is 6.35. The molecule has 1 atom stereocenters. The van der Waals surface area contributed by atoms with Gasteiger partial charge in [-0.1, -0.05) is 31.2 Å². The number of ether oxygens (including phenoxy) is 1. The zero-order valence-corrected chi connectivity index (χ0v) is 16.7. The Morgan fingerprint density at radius 1 is 1.11 bits per heavy atom. The van der Waals surface area contributed by atoms with Crippen LogP contribution in [0.15, 0.2) is 36.4 Å². The molecule has 0 saturated carbocycles. The van der Waals surface area contributed by atoms with Gasteiger partial charge in [-0.25, -0.2) is 17.9 Å². The smallest absolute Gasteiger partial charge is 0.312 e. The van der Waals surface area contributed by atoms with Crippen LogP contribution in [0.1, 0.15) is 32.3 Å². The molecule has 4 N–H and O–H groups in total. The van der Waals surface area contributed by atoms with Gasteiger partial charge in [0.1, 0.15) is 12.4 Å². The number of carbonyl (C=O) groups is 1. The van der Waals surface area contributed by atoms with Crippen molar-refractivity contribution in [1.82, 2.24) is 10.0 Å². The molecular formula is C19H27N3O4S. The van der Waals surface area contributed by atoms with Crippen LogP contribution < -0.4 is 20.5 Å². The number of sulfonamides is 1. The lowest BCUT2D eigenvalue weighted by molar-refractivity contribution is 0.244. The van der Waals surface area contributed by atoms with Crippen LogP contribution in [-0.2, 0) is 10.0 Å². The Morgan fingerprint density at radius 2 is 1.78 bits per heavy atom. The molecule has 0 spiro atoms. The van der Waals surface area contributed by atoms with Crippen molar-refractivity contribution in [3.05, 3.63) is 42.0 Å². The third-order valence-electron chi connectivity index (χ3n) is 4.29. The number of hydrogen-bond acceptors (Lipinski definition) is 4.